The van der Waals surface area contributed by atoms with Crippen LogP contribution in [0.15, 0.2) is 22.7 Å². The smallest absolute Gasteiger partial charge is 0.126 e. The summed E-state index contributed by atoms with van der Waals surface area (Å²) >= 11 is 3.47. The van der Waals surface area contributed by atoms with Gasteiger partial charge in [0.2, 0.25) is 0 Å². The van der Waals surface area contributed by atoms with Crippen LogP contribution >= 0.6 is 15.9 Å². The second-order valence-electron chi connectivity index (χ2n) is 3.94. The van der Waals surface area contributed by atoms with E-state index in [1.54, 1.807) is 0 Å². The molecule has 0 bridgehead atoms. The van der Waals surface area contributed by atoms with Crippen LogP contribution in [0.2, 0.25) is 0 Å². The largest absolute Gasteiger partial charge is 0.330 e. The lowest BCUT2D eigenvalue weighted by molar-refractivity contribution is 0.551. The van der Waals surface area contributed by atoms with Crippen LogP contribution in [0.1, 0.15) is 25.7 Å². The number of aromatic nitrogens is 2. The molecule has 0 fully saturated rings. The molecule has 1 aromatic heterocycles. The molecule has 0 aliphatic rings. The predicted molar refractivity (Wildman–Crippen MR) is 70.5 cm³/mol. The standard InChI is InChI=1S/C12H16BrN3/c1-4-14-8(2)12-15-10-7-9(13)5-6-11(10)16(12)3/h5-8,14H,4H2,1-3H3. The molecular weight excluding hydrogens is 266 g/mol. The zero-order valence-electron chi connectivity index (χ0n) is 9.79. The Bertz CT molecular complexity index is 504. The molecule has 1 aromatic carbocycles. The number of hydrogen-bond acceptors (Lipinski definition) is 2. The fourth-order valence-electron chi connectivity index (χ4n) is 1.98. The Labute approximate surface area is 104 Å². The molecule has 1 unspecified atom stereocenters. The average Bonchev–Trinajstić information content (AvgIpc) is 2.56. The molecule has 4 heteroatoms. The van der Waals surface area contributed by atoms with E-state index in [4.69, 9.17) is 0 Å². The third-order valence-electron chi connectivity index (χ3n) is 2.78. The van der Waals surface area contributed by atoms with Crippen molar-refractivity contribution in [3.63, 3.8) is 0 Å². The van der Waals surface area contributed by atoms with E-state index >= 15 is 0 Å². The van der Waals surface area contributed by atoms with Crippen molar-refractivity contribution in [3.05, 3.63) is 28.5 Å². The van der Waals surface area contributed by atoms with Gasteiger partial charge < -0.3 is 9.88 Å². The SMILES string of the molecule is CCNC(C)c1nc2cc(Br)ccc2n1C. The van der Waals surface area contributed by atoms with Crippen molar-refractivity contribution in [2.24, 2.45) is 7.05 Å². The first-order valence-electron chi connectivity index (χ1n) is 5.48. The molecule has 0 spiro atoms. The number of imidazole rings is 1. The second-order valence-corrected chi connectivity index (χ2v) is 4.86. The van der Waals surface area contributed by atoms with E-state index in [-0.39, 0.29) is 6.04 Å². The summed E-state index contributed by atoms with van der Waals surface area (Å²) in [6, 6.07) is 6.47. The van der Waals surface area contributed by atoms with Crippen molar-refractivity contribution >= 4 is 27.0 Å². The van der Waals surface area contributed by atoms with Gasteiger partial charge in [-0.25, -0.2) is 4.98 Å². The Hall–Kier alpha value is -0.870. The van der Waals surface area contributed by atoms with E-state index in [9.17, 15) is 0 Å². The van der Waals surface area contributed by atoms with Crippen LogP contribution in [0.3, 0.4) is 0 Å². The van der Waals surface area contributed by atoms with E-state index in [1.807, 2.05) is 6.07 Å². The lowest BCUT2D eigenvalue weighted by atomic mass is 10.3. The van der Waals surface area contributed by atoms with Crippen LogP contribution in [0.4, 0.5) is 0 Å². The summed E-state index contributed by atoms with van der Waals surface area (Å²) in [5.74, 6) is 1.08. The number of aryl methyl sites for hydroxylation is 1. The van der Waals surface area contributed by atoms with Gasteiger partial charge in [0, 0.05) is 11.5 Å². The van der Waals surface area contributed by atoms with Crippen molar-refractivity contribution in [3.8, 4) is 0 Å². The van der Waals surface area contributed by atoms with Crippen molar-refractivity contribution in [2.45, 2.75) is 19.9 Å². The highest BCUT2D eigenvalue weighted by atomic mass is 79.9. The molecule has 1 atom stereocenters. The first kappa shape index (κ1) is 11.6. The zero-order chi connectivity index (χ0) is 11.7. The highest BCUT2D eigenvalue weighted by Gasteiger charge is 2.13. The molecule has 0 saturated heterocycles. The highest BCUT2D eigenvalue weighted by molar-refractivity contribution is 9.10. The lowest BCUT2D eigenvalue weighted by Crippen LogP contribution is -2.20. The Kier molecular flexibility index (Phi) is 3.30. The van der Waals surface area contributed by atoms with Gasteiger partial charge in [0.1, 0.15) is 5.82 Å². The van der Waals surface area contributed by atoms with E-state index in [2.05, 4.69) is 63.8 Å². The molecular formula is C12H16BrN3. The molecule has 3 nitrogen and oxygen atoms in total. The number of halogens is 1. The number of benzene rings is 1. The van der Waals surface area contributed by atoms with Gasteiger partial charge in [0.25, 0.3) is 0 Å². The Morgan fingerprint density at radius 3 is 2.94 bits per heavy atom. The minimum atomic E-state index is 0.279. The minimum Gasteiger partial charge on any atom is -0.330 e. The van der Waals surface area contributed by atoms with E-state index < -0.39 is 0 Å². The normalized spacial score (nSPS) is 13.2. The number of nitrogens with zero attached hydrogens (tertiary/aromatic N) is 2. The van der Waals surface area contributed by atoms with E-state index in [1.165, 1.54) is 5.52 Å². The van der Waals surface area contributed by atoms with Crippen LogP contribution in [-0.2, 0) is 7.05 Å². The first-order chi connectivity index (χ1) is 7.63. The summed E-state index contributed by atoms with van der Waals surface area (Å²) in [6.07, 6.45) is 0. The number of rotatable bonds is 3. The molecule has 1 heterocycles. The third-order valence-corrected chi connectivity index (χ3v) is 3.27. The van der Waals surface area contributed by atoms with Gasteiger partial charge in [-0.15, -0.1) is 0 Å². The Morgan fingerprint density at radius 2 is 2.25 bits per heavy atom. The van der Waals surface area contributed by atoms with Gasteiger partial charge in [0.15, 0.2) is 0 Å². The predicted octanol–water partition coefficient (Wildman–Crippen LogP) is 3.01. The molecule has 1 N–H and O–H groups in total. The average molecular weight is 282 g/mol. The number of hydrogen-bond donors (Lipinski definition) is 1. The second kappa shape index (κ2) is 4.55. The summed E-state index contributed by atoms with van der Waals surface area (Å²) in [5, 5.41) is 3.38. The van der Waals surface area contributed by atoms with Crippen LogP contribution < -0.4 is 5.32 Å². The zero-order valence-corrected chi connectivity index (χ0v) is 11.4. The summed E-state index contributed by atoms with van der Waals surface area (Å²) in [4.78, 5) is 4.66. The summed E-state index contributed by atoms with van der Waals surface area (Å²) in [7, 11) is 2.06. The van der Waals surface area contributed by atoms with Gasteiger partial charge >= 0.3 is 0 Å². The maximum absolute atomic E-state index is 4.66. The molecule has 0 aliphatic carbocycles. The van der Waals surface area contributed by atoms with Crippen molar-refractivity contribution in [1.29, 1.82) is 0 Å². The van der Waals surface area contributed by atoms with Gasteiger partial charge in [0.05, 0.1) is 17.1 Å². The first-order valence-corrected chi connectivity index (χ1v) is 6.28. The monoisotopic (exact) mass is 281 g/mol. The van der Waals surface area contributed by atoms with Crippen LogP contribution in [0, 0.1) is 0 Å². The quantitative estimate of drug-likeness (QED) is 0.937. The van der Waals surface area contributed by atoms with Crippen LogP contribution in [0.5, 0.6) is 0 Å². The molecule has 86 valence electrons. The molecule has 0 aliphatic heterocycles. The Balaban J connectivity index is 2.51. The van der Waals surface area contributed by atoms with Crippen LogP contribution in [-0.4, -0.2) is 16.1 Å². The highest BCUT2D eigenvalue weighted by Crippen LogP contribution is 2.22. The van der Waals surface area contributed by atoms with Gasteiger partial charge in [-0.3, -0.25) is 0 Å². The van der Waals surface area contributed by atoms with Crippen LogP contribution in [0.25, 0.3) is 11.0 Å². The molecule has 16 heavy (non-hydrogen) atoms. The van der Waals surface area contributed by atoms with E-state index in [0.717, 1.165) is 22.4 Å². The molecule has 0 radical (unpaired) electrons. The van der Waals surface area contributed by atoms with Crippen molar-refractivity contribution < 1.29 is 0 Å². The van der Waals surface area contributed by atoms with Gasteiger partial charge in [-0.1, -0.05) is 22.9 Å². The molecule has 0 saturated carbocycles. The third kappa shape index (κ3) is 1.99. The molecule has 2 aromatic rings. The summed E-state index contributed by atoms with van der Waals surface area (Å²) in [5.41, 5.74) is 2.21. The lowest BCUT2D eigenvalue weighted by Gasteiger charge is -2.11. The summed E-state index contributed by atoms with van der Waals surface area (Å²) in [6.45, 7) is 5.20. The van der Waals surface area contributed by atoms with Gasteiger partial charge in [-0.05, 0) is 31.7 Å². The van der Waals surface area contributed by atoms with Gasteiger partial charge in [-0.2, -0.15) is 0 Å². The van der Waals surface area contributed by atoms with E-state index in [0.29, 0.717) is 0 Å². The Morgan fingerprint density at radius 1 is 1.50 bits per heavy atom. The topological polar surface area (TPSA) is 29.9 Å². The summed E-state index contributed by atoms with van der Waals surface area (Å²) < 4.78 is 3.22. The molecule has 2 rings (SSSR count). The maximum Gasteiger partial charge on any atom is 0.126 e. The number of nitrogens with one attached hydrogen (secondary N) is 1. The van der Waals surface area contributed by atoms with Crippen molar-refractivity contribution in [1.82, 2.24) is 14.9 Å². The van der Waals surface area contributed by atoms with Crippen molar-refractivity contribution in [2.75, 3.05) is 6.54 Å². The molecule has 0 amide bonds. The fourth-order valence-corrected chi connectivity index (χ4v) is 2.33. The fraction of sp³-hybridized carbons (Fsp3) is 0.417. The maximum atomic E-state index is 4.66. The minimum absolute atomic E-state index is 0.279. The number of fused-ring (bicyclic) bond motifs is 1.